The zero-order valence-corrected chi connectivity index (χ0v) is 15.4. The molecule has 1 rings (SSSR count). The first-order valence-electron chi connectivity index (χ1n) is 7.09. The van der Waals surface area contributed by atoms with Crippen LogP contribution in [-0.2, 0) is 6.42 Å². The highest BCUT2D eigenvalue weighted by atomic mass is 127. The van der Waals surface area contributed by atoms with E-state index in [2.05, 4.69) is 56.2 Å². The summed E-state index contributed by atoms with van der Waals surface area (Å²) in [7, 11) is 0. The summed E-state index contributed by atoms with van der Waals surface area (Å²) >= 11 is 0. The zero-order chi connectivity index (χ0) is 14.3. The monoisotopic (exact) mass is 389 g/mol. The van der Waals surface area contributed by atoms with Gasteiger partial charge in [0.05, 0.1) is 0 Å². The summed E-state index contributed by atoms with van der Waals surface area (Å²) in [6.07, 6.45) is 2.06. The van der Waals surface area contributed by atoms with Crippen molar-refractivity contribution in [3.8, 4) is 0 Å². The third-order valence-electron chi connectivity index (χ3n) is 3.19. The number of hydrogen-bond acceptors (Lipinski definition) is 1. The third-order valence-corrected chi connectivity index (χ3v) is 3.19. The summed E-state index contributed by atoms with van der Waals surface area (Å²) < 4.78 is 0. The first kappa shape index (κ1) is 19.2. The Morgan fingerprint density at radius 1 is 1.30 bits per heavy atom. The van der Waals surface area contributed by atoms with Crippen LogP contribution in [0.2, 0.25) is 0 Å². The number of rotatable bonds is 6. The molecule has 20 heavy (non-hydrogen) atoms. The first-order valence-corrected chi connectivity index (χ1v) is 7.09. The van der Waals surface area contributed by atoms with Gasteiger partial charge >= 0.3 is 0 Å². The molecule has 0 saturated heterocycles. The molecule has 0 fully saturated rings. The molecule has 0 radical (unpaired) electrons. The lowest BCUT2D eigenvalue weighted by Gasteiger charge is -2.09. The third kappa shape index (κ3) is 7.72. The van der Waals surface area contributed by atoms with Crippen LogP contribution in [0.1, 0.15) is 37.0 Å². The van der Waals surface area contributed by atoms with E-state index in [9.17, 15) is 0 Å². The number of halogens is 1. The molecule has 0 bridgehead atoms. The Hall–Kier alpha value is -0.780. The second-order valence-electron chi connectivity index (χ2n) is 5.56. The number of nitrogens with two attached hydrogens (primary N) is 1. The van der Waals surface area contributed by atoms with E-state index in [-0.39, 0.29) is 24.0 Å². The molecule has 0 saturated carbocycles. The van der Waals surface area contributed by atoms with E-state index in [1.165, 1.54) is 16.7 Å². The molecule has 3 N–H and O–H groups in total. The van der Waals surface area contributed by atoms with E-state index in [1.54, 1.807) is 0 Å². The molecule has 0 atom stereocenters. The van der Waals surface area contributed by atoms with Crippen molar-refractivity contribution in [3.63, 3.8) is 0 Å². The molecule has 0 aliphatic carbocycles. The maximum absolute atomic E-state index is 5.83. The highest BCUT2D eigenvalue weighted by Gasteiger charge is 1.99. The van der Waals surface area contributed by atoms with Crippen LogP contribution in [0.15, 0.2) is 23.2 Å². The fourth-order valence-electron chi connectivity index (χ4n) is 1.95. The van der Waals surface area contributed by atoms with Crippen LogP contribution < -0.4 is 11.1 Å². The van der Waals surface area contributed by atoms with Gasteiger partial charge in [0.15, 0.2) is 5.96 Å². The van der Waals surface area contributed by atoms with E-state index < -0.39 is 0 Å². The summed E-state index contributed by atoms with van der Waals surface area (Å²) in [6, 6.07) is 6.57. The summed E-state index contributed by atoms with van der Waals surface area (Å²) in [5.74, 6) is 1.23. The number of hydrogen-bond donors (Lipinski definition) is 2. The van der Waals surface area contributed by atoms with Crippen LogP contribution >= 0.6 is 24.0 Å². The zero-order valence-electron chi connectivity index (χ0n) is 13.1. The van der Waals surface area contributed by atoms with E-state index in [0.29, 0.717) is 11.9 Å². The standard InChI is InChI=1S/C16H27N3.HI/c1-12(2)7-9-18-16(17)19-10-8-15-6-5-13(3)11-14(15)4;/h5-6,11-12H,7-10H2,1-4H3,(H3,17,18,19);1H. The Morgan fingerprint density at radius 2 is 2.00 bits per heavy atom. The number of nitrogens with one attached hydrogen (secondary N) is 1. The van der Waals surface area contributed by atoms with Gasteiger partial charge in [-0.25, -0.2) is 0 Å². The Balaban J connectivity index is 0.00000361. The van der Waals surface area contributed by atoms with Crippen molar-refractivity contribution in [1.82, 2.24) is 5.32 Å². The van der Waals surface area contributed by atoms with E-state index in [1.807, 2.05) is 0 Å². The summed E-state index contributed by atoms with van der Waals surface area (Å²) in [5, 5.41) is 3.17. The number of nitrogens with zero attached hydrogens (tertiary/aromatic N) is 1. The first-order chi connectivity index (χ1) is 8.99. The molecule has 114 valence electrons. The van der Waals surface area contributed by atoms with Crippen molar-refractivity contribution >= 4 is 29.9 Å². The van der Waals surface area contributed by atoms with E-state index >= 15 is 0 Å². The Bertz CT molecular complexity index is 428. The van der Waals surface area contributed by atoms with Crippen LogP contribution in [0.25, 0.3) is 0 Å². The molecule has 1 aromatic rings. The van der Waals surface area contributed by atoms with Gasteiger partial charge in [-0.2, -0.15) is 0 Å². The van der Waals surface area contributed by atoms with Crippen molar-refractivity contribution in [2.75, 3.05) is 13.1 Å². The lowest BCUT2D eigenvalue weighted by Crippen LogP contribution is -2.33. The minimum absolute atomic E-state index is 0. The average Bonchev–Trinajstić information content (AvgIpc) is 2.31. The predicted octanol–water partition coefficient (Wildman–Crippen LogP) is 3.41. The van der Waals surface area contributed by atoms with Crippen LogP contribution in [0.4, 0.5) is 0 Å². The fraction of sp³-hybridized carbons (Fsp3) is 0.562. The van der Waals surface area contributed by atoms with Crippen molar-refractivity contribution in [2.45, 2.75) is 40.5 Å². The maximum atomic E-state index is 5.83. The average molecular weight is 389 g/mol. The summed E-state index contributed by atoms with van der Waals surface area (Å²) in [4.78, 5) is 4.32. The molecule has 0 amide bonds. The van der Waals surface area contributed by atoms with Crippen LogP contribution in [0.5, 0.6) is 0 Å². The molecule has 4 heteroatoms. The molecule has 3 nitrogen and oxygen atoms in total. The van der Waals surface area contributed by atoms with Crippen molar-refractivity contribution in [3.05, 3.63) is 34.9 Å². The van der Waals surface area contributed by atoms with E-state index in [4.69, 9.17) is 5.73 Å². The van der Waals surface area contributed by atoms with E-state index in [0.717, 1.165) is 25.9 Å². The molecule has 0 aliphatic heterocycles. The number of aliphatic imine (C=N–C) groups is 1. The molecule has 1 aromatic carbocycles. The van der Waals surface area contributed by atoms with Gasteiger partial charge in [-0.3, -0.25) is 4.99 Å². The summed E-state index contributed by atoms with van der Waals surface area (Å²) in [6.45, 7) is 10.3. The quantitative estimate of drug-likeness (QED) is 0.445. The van der Waals surface area contributed by atoms with Gasteiger partial charge in [0.2, 0.25) is 0 Å². The number of aryl methyl sites for hydroxylation is 2. The smallest absolute Gasteiger partial charge is 0.188 e. The van der Waals surface area contributed by atoms with Crippen molar-refractivity contribution in [1.29, 1.82) is 0 Å². The minimum atomic E-state index is 0. The lowest BCUT2D eigenvalue weighted by atomic mass is 10.0. The Morgan fingerprint density at radius 3 is 2.60 bits per heavy atom. The minimum Gasteiger partial charge on any atom is -0.370 e. The molecule has 0 unspecified atom stereocenters. The summed E-state index contributed by atoms with van der Waals surface area (Å²) in [5.41, 5.74) is 9.85. The highest BCUT2D eigenvalue weighted by Crippen LogP contribution is 2.10. The molecule has 0 aromatic heterocycles. The highest BCUT2D eigenvalue weighted by molar-refractivity contribution is 14.0. The van der Waals surface area contributed by atoms with Gasteiger partial charge in [0, 0.05) is 13.1 Å². The van der Waals surface area contributed by atoms with Crippen molar-refractivity contribution < 1.29 is 0 Å². The molecular weight excluding hydrogens is 361 g/mol. The SMILES string of the molecule is Cc1ccc(CCNC(N)=NCCC(C)C)c(C)c1.I. The maximum Gasteiger partial charge on any atom is 0.188 e. The fourth-order valence-corrected chi connectivity index (χ4v) is 1.95. The molecular formula is C16H28IN3. The normalized spacial score (nSPS) is 11.3. The van der Waals surface area contributed by atoms with Gasteiger partial charge < -0.3 is 11.1 Å². The van der Waals surface area contributed by atoms with Crippen LogP contribution in [-0.4, -0.2) is 19.0 Å². The second-order valence-corrected chi connectivity index (χ2v) is 5.56. The second kappa shape index (κ2) is 10.0. The van der Waals surface area contributed by atoms with Gasteiger partial charge in [-0.1, -0.05) is 37.6 Å². The largest absolute Gasteiger partial charge is 0.370 e. The Labute approximate surface area is 140 Å². The lowest BCUT2D eigenvalue weighted by molar-refractivity contribution is 0.595. The number of guanidine groups is 1. The van der Waals surface area contributed by atoms with Crippen LogP contribution in [0.3, 0.4) is 0 Å². The molecule has 0 spiro atoms. The molecule has 0 aliphatic rings. The van der Waals surface area contributed by atoms with Gasteiger partial charge in [0.25, 0.3) is 0 Å². The predicted molar refractivity (Wildman–Crippen MR) is 99.0 cm³/mol. The van der Waals surface area contributed by atoms with Gasteiger partial charge in [-0.15, -0.1) is 24.0 Å². The van der Waals surface area contributed by atoms with Gasteiger partial charge in [0.1, 0.15) is 0 Å². The number of benzene rings is 1. The van der Waals surface area contributed by atoms with Crippen molar-refractivity contribution in [2.24, 2.45) is 16.6 Å². The van der Waals surface area contributed by atoms with Gasteiger partial charge in [-0.05, 0) is 43.7 Å². The Kier molecular flexibility index (Phi) is 9.63. The molecule has 0 heterocycles. The topological polar surface area (TPSA) is 50.4 Å². The van der Waals surface area contributed by atoms with Crippen LogP contribution in [0, 0.1) is 19.8 Å².